The summed E-state index contributed by atoms with van der Waals surface area (Å²) in [4.78, 5) is 0. The topological polar surface area (TPSA) is 26.0 Å². The van der Waals surface area contributed by atoms with Crippen molar-refractivity contribution in [1.82, 2.24) is 0 Å². The molecule has 0 fully saturated rings. The first-order chi connectivity index (χ1) is 5.38. The Kier molecular flexibility index (Phi) is 3.55. The van der Waals surface area contributed by atoms with Crippen molar-refractivity contribution in [1.29, 1.82) is 0 Å². The Labute approximate surface area is 69.8 Å². The molecular weight excluding hydrogens is 153 g/mol. The summed E-state index contributed by atoms with van der Waals surface area (Å²) in [6.45, 7) is 2.87. The first-order valence-corrected chi connectivity index (χ1v) is 5.11. The summed E-state index contributed by atoms with van der Waals surface area (Å²) >= 11 is 0. The zero-order chi connectivity index (χ0) is 8.10. The van der Waals surface area contributed by atoms with Gasteiger partial charge in [0.15, 0.2) is 0 Å². The average molecular weight is 167 g/mol. The molecule has 0 radical (unpaired) electrons. The zero-order valence-corrected chi connectivity index (χ0v) is 7.80. The van der Waals surface area contributed by atoms with Crippen molar-refractivity contribution >= 4 is 13.9 Å². The predicted octanol–water partition coefficient (Wildman–Crippen LogP) is 1.47. The van der Waals surface area contributed by atoms with Gasteiger partial charge in [-0.25, -0.2) is 0 Å². The van der Waals surface area contributed by atoms with Gasteiger partial charge >= 0.3 is 0 Å². The summed E-state index contributed by atoms with van der Waals surface area (Å²) in [5.41, 5.74) is 6.88. The average Bonchev–Trinajstić information content (AvgIpc) is 2.06. The lowest BCUT2D eigenvalue weighted by atomic mass is 10.2. The molecule has 2 heteroatoms. The molecule has 0 aromatic heterocycles. The van der Waals surface area contributed by atoms with Crippen LogP contribution in [0.1, 0.15) is 12.5 Å². The Balaban J connectivity index is 2.83. The van der Waals surface area contributed by atoms with Gasteiger partial charge in [0.05, 0.1) is 0 Å². The molecule has 0 heterocycles. The molecule has 0 amide bonds. The second kappa shape index (κ2) is 4.48. The fourth-order valence-corrected chi connectivity index (χ4v) is 2.07. The second-order valence-corrected chi connectivity index (χ2v) is 3.99. The number of nitrogens with two attached hydrogens (primary N) is 1. The van der Waals surface area contributed by atoms with E-state index in [9.17, 15) is 0 Å². The lowest BCUT2D eigenvalue weighted by molar-refractivity contribution is 1.08. The number of benzene rings is 1. The van der Waals surface area contributed by atoms with Crippen molar-refractivity contribution in [2.24, 2.45) is 5.73 Å². The zero-order valence-electron chi connectivity index (χ0n) is 6.80. The van der Waals surface area contributed by atoms with Crippen molar-refractivity contribution in [2.45, 2.75) is 13.5 Å². The van der Waals surface area contributed by atoms with Crippen molar-refractivity contribution in [2.75, 3.05) is 6.16 Å². The Morgan fingerprint density at radius 1 is 1.36 bits per heavy atom. The van der Waals surface area contributed by atoms with Crippen LogP contribution in [0.15, 0.2) is 24.3 Å². The first kappa shape index (κ1) is 8.70. The van der Waals surface area contributed by atoms with Crippen molar-refractivity contribution < 1.29 is 0 Å². The lowest BCUT2D eigenvalue weighted by Gasteiger charge is -2.04. The van der Waals surface area contributed by atoms with E-state index < -0.39 is 0 Å². The standard InChI is InChI=1S/C9H14NP/c1-2-11-9-6-4-3-5-8(9)7-10/h3-6,11H,2,7,10H2,1H3. The number of rotatable bonds is 3. The van der Waals surface area contributed by atoms with Crippen LogP contribution in [0.4, 0.5) is 0 Å². The van der Waals surface area contributed by atoms with Crippen LogP contribution in [0.2, 0.25) is 0 Å². The molecular formula is C9H14NP. The fraction of sp³-hybridized carbons (Fsp3) is 0.333. The molecule has 1 rings (SSSR count). The Hall–Kier alpha value is -0.390. The van der Waals surface area contributed by atoms with Gasteiger partial charge in [-0.3, -0.25) is 0 Å². The predicted molar refractivity (Wildman–Crippen MR) is 52.8 cm³/mol. The maximum absolute atomic E-state index is 5.59. The van der Waals surface area contributed by atoms with E-state index in [1.54, 1.807) is 0 Å². The van der Waals surface area contributed by atoms with E-state index in [1.165, 1.54) is 17.0 Å². The van der Waals surface area contributed by atoms with E-state index in [4.69, 9.17) is 5.73 Å². The van der Waals surface area contributed by atoms with Crippen molar-refractivity contribution in [3.63, 3.8) is 0 Å². The van der Waals surface area contributed by atoms with E-state index in [1.807, 2.05) is 6.07 Å². The van der Waals surface area contributed by atoms with Crippen LogP contribution in [-0.4, -0.2) is 6.16 Å². The van der Waals surface area contributed by atoms with Gasteiger partial charge in [-0.1, -0.05) is 39.8 Å². The molecule has 0 aliphatic rings. The first-order valence-electron chi connectivity index (χ1n) is 3.90. The summed E-state index contributed by atoms with van der Waals surface area (Å²) in [6, 6.07) is 8.41. The molecule has 1 nitrogen and oxygen atoms in total. The van der Waals surface area contributed by atoms with E-state index in [-0.39, 0.29) is 0 Å². The quantitative estimate of drug-likeness (QED) is 0.678. The molecule has 1 atom stereocenters. The molecule has 0 saturated heterocycles. The van der Waals surface area contributed by atoms with Crippen LogP contribution < -0.4 is 11.0 Å². The highest BCUT2D eigenvalue weighted by Gasteiger charge is 1.96. The van der Waals surface area contributed by atoms with Crippen LogP contribution in [-0.2, 0) is 6.54 Å². The minimum Gasteiger partial charge on any atom is -0.326 e. The summed E-state index contributed by atoms with van der Waals surface area (Å²) < 4.78 is 0. The normalized spacial score (nSPS) is 11.1. The summed E-state index contributed by atoms with van der Waals surface area (Å²) in [6.07, 6.45) is 1.22. The Morgan fingerprint density at radius 3 is 2.73 bits per heavy atom. The van der Waals surface area contributed by atoms with Crippen LogP contribution >= 0.6 is 8.58 Å². The Bertz CT molecular complexity index is 223. The Morgan fingerprint density at radius 2 is 2.09 bits per heavy atom. The largest absolute Gasteiger partial charge is 0.326 e. The van der Waals surface area contributed by atoms with Crippen molar-refractivity contribution in [3.05, 3.63) is 29.8 Å². The highest BCUT2D eigenvalue weighted by Crippen LogP contribution is 2.11. The smallest absolute Gasteiger partial charge is 0.0184 e. The van der Waals surface area contributed by atoms with Gasteiger partial charge in [-0.2, -0.15) is 0 Å². The molecule has 1 unspecified atom stereocenters. The van der Waals surface area contributed by atoms with Crippen molar-refractivity contribution in [3.8, 4) is 0 Å². The van der Waals surface area contributed by atoms with Gasteiger partial charge in [0.1, 0.15) is 0 Å². The summed E-state index contributed by atoms with van der Waals surface area (Å²) in [5.74, 6) is 0. The maximum Gasteiger partial charge on any atom is 0.0184 e. The minimum absolute atomic E-state index is 0.670. The van der Waals surface area contributed by atoms with Crippen LogP contribution in [0, 0.1) is 0 Å². The molecule has 11 heavy (non-hydrogen) atoms. The third-order valence-electron chi connectivity index (χ3n) is 1.60. The van der Waals surface area contributed by atoms with Gasteiger partial charge in [-0.15, -0.1) is 0 Å². The monoisotopic (exact) mass is 167 g/mol. The van der Waals surface area contributed by atoms with Crippen LogP contribution in [0.3, 0.4) is 0 Å². The van der Waals surface area contributed by atoms with Gasteiger partial charge in [0.25, 0.3) is 0 Å². The molecule has 1 aromatic rings. The number of hydrogen-bond acceptors (Lipinski definition) is 1. The molecule has 0 saturated carbocycles. The molecule has 0 spiro atoms. The maximum atomic E-state index is 5.59. The molecule has 1 aromatic carbocycles. The SMILES string of the molecule is CCPc1ccccc1CN. The molecule has 2 N–H and O–H groups in total. The van der Waals surface area contributed by atoms with Crippen LogP contribution in [0.25, 0.3) is 0 Å². The fourth-order valence-electron chi connectivity index (χ4n) is 1.06. The summed E-state index contributed by atoms with van der Waals surface area (Å²) in [7, 11) is 0.913. The highest BCUT2D eigenvalue weighted by molar-refractivity contribution is 7.47. The van der Waals surface area contributed by atoms with Gasteiger partial charge < -0.3 is 5.73 Å². The van der Waals surface area contributed by atoms with Gasteiger partial charge in [0, 0.05) is 6.54 Å². The van der Waals surface area contributed by atoms with E-state index in [0.29, 0.717) is 6.54 Å². The third-order valence-corrected chi connectivity index (χ3v) is 2.83. The third kappa shape index (κ3) is 2.28. The highest BCUT2D eigenvalue weighted by atomic mass is 31.1. The van der Waals surface area contributed by atoms with Gasteiger partial charge in [0.2, 0.25) is 0 Å². The van der Waals surface area contributed by atoms with Crippen LogP contribution in [0.5, 0.6) is 0 Å². The van der Waals surface area contributed by atoms with E-state index in [0.717, 1.165) is 8.58 Å². The number of hydrogen-bond donors (Lipinski definition) is 1. The summed E-state index contributed by atoms with van der Waals surface area (Å²) in [5, 5.41) is 1.43. The molecule has 60 valence electrons. The van der Waals surface area contributed by atoms with E-state index in [2.05, 4.69) is 25.1 Å². The second-order valence-electron chi connectivity index (χ2n) is 2.39. The molecule has 0 bridgehead atoms. The molecule has 0 aliphatic heterocycles. The minimum atomic E-state index is 0.670. The van der Waals surface area contributed by atoms with Gasteiger partial charge in [-0.05, 0) is 17.0 Å². The molecule has 0 aliphatic carbocycles. The lowest BCUT2D eigenvalue weighted by Crippen LogP contribution is -2.08. The van der Waals surface area contributed by atoms with E-state index >= 15 is 0 Å².